The van der Waals surface area contributed by atoms with Crippen molar-refractivity contribution in [2.75, 3.05) is 13.1 Å². The van der Waals surface area contributed by atoms with Crippen LogP contribution in [0.3, 0.4) is 0 Å². The van der Waals surface area contributed by atoms with Crippen LogP contribution in [0.1, 0.15) is 44.6 Å². The maximum absolute atomic E-state index is 3.60. The molecule has 0 saturated carbocycles. The third-order valence-corrected chi connectivity index (χ3v) is 6.53. The lowest BCUT2D eigenvalue weighted by Gasteiger charge is -2.21. The van der Waals surface area contributed by atoms with Crippen molar-refractivity contribution >= 4 is 8.07 Å². The van der Waals surface area contributed by atoms with E-state index in [1.54, 1.807) is 5.20 Å². The highest BCUT2D eigenvalue weighted by molar-refractivity contribution is 6.83. The Hall–Kier alpha value is -0.863. The van der Waals surface area contributed by atoms with Gasteiger partial charge in [0.15, 0.2) is 0 Å². The summed E-state index contributed by atoms with van der Waals surface area (Å²) in [5, 5.41) is 5.37. The number of benzene rings is 1. The van der Waals surface area contributed by atoms with Gasteiger partial charge in [0.1, 0.15) is 0 Å². The lowest BCUT2D eigenvalue weighted by atomic mass is 10.1. The van der Waals surface area contributed by atoms with Crippen molar-refractivity contribution in [3.63, 3.8) is 0 Å². The van der Waals surface area contributed by atoms with Gasteiger partial charge in [-0.1, -0.05) is 81.0 Å². The summed E-state index contributed by atoms with van der Waals surface area (Å²) in [5.41, 5.74) is 1.43. The number of allylic oxidation sites excluding steroid dienone is 2. The van der Waals surface area contributed by atoms with Gasteiger partial charge in [-0.15, -0.1) is 0 Å². The molecule has 1 nitrogen and oxygen atoms in total. The topological polar surface area (TPSA) is 12.0 Å². The van der Waals surface area contributed by atoms with Gasteiger partial charge in [-0.05, 0) is 44.3 Å². The largest absolute Gasteiger partial charge is 0.316 e. The van der Waals surface area contributed by atoms with E-state index in [9.17, 15) is 0 Å². The Morgan fingerprint density at radius 1 is 1.05 bits per heavy atom. The number of nitrogens with one attached hydrogen (secondary N) is 1. The fourth-order valence-corrected chi connectivity index (χ4v) is 4.35. The van der Waals surface area contributed by atoms with Crippen LogP contribution in [0.25, 0.3) is 0 Å². The Balaban J connectivity index is 2.21. The predicted octanol–water partition coefficient (Wildman–Crippen LogP) is 5.59. The molecule has 0 aliphatic carbocycles. The molecule has 0 bridgehead atoms. The Labute approximate surface area is 139 Å². The zero-order chi connectivity index (χ0) is 16.3. The van der Waals surface area contributed by atoms with Gasteiger partial charge in [-0.2, -0.15) is 0 Å². The fourth-order valence-electron chi connectivity index (χ4n) is 2.67. The quantitative estimate of drug-likeness (QED) is 0.414. The van der Waals surface area contributed by atoms with E-state index in [0.29, 0.717) is 0 Å². The minimum Gasteiger partial charge on any atom is -0.316 e. The summed E-state index contributed by atoms with van der Waals surface area (Å²) in [5.74, 6) is 0. The molecule has 1 aromatic carbocycles. The average Bonchev–Trinajstić information content (AvgIpc) is 2.49. The minimum atomic E-state index is -1.12. The van der Waals surface area contributed by atoms with Gasteiger partial charge in [-0.3, -0.25) is 0 Å². The molecule has 0 unspecified atom stereocenters. The van der Waals surface area contributed by atoms with Crippen LogP contribution < -0.4 is 5.32 Å². The van der Waals surface area contributed by atoms with Gasteiger partial charge < -0.3 is 5.32 Å². The van der Waals surface area contributed by atoms with Gasteiger partial charge in [0, 0.05) is 0 Å². The number of hydrogen-bond acceptors (Lipinski definition) is 1. The van der Waals surface area contributed by atoms with Crippen LogP contribution >= 0.6 is 0 Å². The molecule has 1 rings (SSSR count). The van der Waals surface area contributed by atoms with E-state index in [-0.39, 0.29) is 0 Å². The first-order valence-electron chi connectivity index (χ1n) is 8.98. The van der Waals surface area contributed by atoms with Crippen LogP contribution in [0.4, 0.5) is 0 Å². The van der Waals surface area contributed by atoms with E-state index in [1.807, 2.05) is 0 Å². The second-order valence-corrected chi connectivity index (χ2v) is 12.4. The van der Waals surface area contributed by atoms with Crippen molar-refractivity contribution in [3.05, 3.63) is 47.2 Å². The van der Waals surface area contributed by atoms with E-state index in [2.05, 4.69) is 68.3 Å². The number of rotatable bonds is 11. The molecule has 0 spiro atoms. The second kappa shape index (κ2) is 10.8. The lowest BCUT2D eigenvalue weighted by molar-refractivity contribution is 0.649. The minimum absolute atomic E-state index is 1.09. The highest BCUT2D eigenvalue weighted by Crippen LogP contribution is 2.20. The van der Waals surface area contributed by atoms with Crippen LogP contribution in [-0.4, -0.2) is 21.2 Å². The molecular weight excluding hydrogens is 282 g/mol. The van der Waals surface area contributed by atoms with Crippen molar-refractivity contribution in [3.8, 4) is 0 Å². The Morgan fingerprint density at radius 2 is 1.77 bits per heavy atom. The smallest absolute Gasteiger partial charge is 0.0720 e. The second-order valence-electron chi connectivity index (χ2n) is 7.21. The zero-order valence-electron chi connectivity index (χ0n) is 15.1. The van der Waals surface area contributed by atoms with Crippen LogP contribution in [0.2, 0.25) is 19.6 Å². The molecule has 1 aromatic rings. The molecule has 0 radical (unpaired) electrons. The summed E-state index contributed by atoms with van der Waals surface area (Å²) >= 11 is 0. The van der Waals surface area contributed by atoms with Crippen LogP contribution in [0.5, 0.6) is 0 Å². The van der Waals surface area contributed by atoms with Crippen molar-refractivity contribution in [1.82, 2.24) is 5.32 Å². The predicted molar refractivity (Wildman–Crippen MR) is 103 cm³/mol. The van der Waals surface area contributed by atoms with Crippen molar-refractivity contribution in [2.45, 2.75) is 65.1 Å². The summed E-state index contributed by atoms with van der Waals surface area (Å²) in [6.45, 7) is 11.9. The van der Waals surface area contributed by atoms with Crippen molar-refractivity contribution in [1.29, 1.82) is 0 Å². The molecule has 124 valence electrons. The maximum Gasteiger partial charge on any atom is 0.0720 e. The standard InChI is InChI=1S/C20H35NSi/c1-5-6-8-14-20(22(2,3)4)15-11-17-21-18-16-19-12-9-7-10-13-19/h7,9-10,12-14,21H,5-6,8,11,15-18H2,1-4H3. The molecule has 2 heteroatoms. The summed E-state index contributed by atoms with van der Waals surface area (Å²) in [4.78, 5) is 0. The first-order chi connectivity index (χ1) is 10.5. The third-order valence-electron chi connectivity index (χ3n) is 4.14. The molecule has 0 atom stereocenters. The molecule has 22 heavy (non-hydrogen) atoms. The van der Waals surface area contributed by atoms with Gasteiger partial charge >= 0.3 is 0 Å². The lowest BCUT2D eigenvalue weighted by Crippen LogP contribution is -2.25. The van der Waals surface area contributed by atoms with Gasteiger partial charge in [-0.25, -0.2) is 0 Å². The molecular formula is C20H35NSi. The monoisotopic (exact) mass is 317 g/mol. The third kappa shape index (κ3) is 8.55. The molecule has 0 aromatic heterocycles. The molecule has 0 heterocycles. The van der Waals surface area contributed by atoms with E-state index >= 15 is 0 Å². The highest BCUT2D eigenvalue weighted by atomic mass is 28.3. The van der Waals surface area contributed by atoms with E-state index in [0.717, 1.165) is 19.5 Å². The van der Waals surface area contributed by atoms with Crippen LogP contribution in [0.15, 0.2) is 41.6 Å². The van der Waals surface area contributed by atoms with Crippen LogP contribution in [0, 0.1) is 0 Å². The number of hydrogen-bond donors (Lipinski definition) is 1. The first-order valence-corrected chi connectivity index (χ1v) is 12.5. The molecule has 1 N–H and O–H groups in total. The normalized spacial score (nSPS) is 12.6. The van der Waals surface area contributed by atoms with E-state index in [4.69, 9.17) is 0 Å². The summed E-state index contributed by atoms with van der Waals surface area (Å²) in [6, 6.07) is 10.7. The molecule has 0 aliphatic rings. The van der Waals surface area contributed by atoms with E-state index in [1.165, 1.54) is 37.7 Å². The van der Waals surface area contributed by atoms with Crippen molar-refractivity contribution in [2.24, 2.45) is 0 Å². The number of unbranched alkanes of at least 4 members (excludes halogenated alkanes) is 2. The van der Waals surface area contributed by atoms with Gasteiger partial charge in [0.05, 0.1) is 8.07 Å². The molecule has 0 amide bonds. The van der Waals surface area contributed by atoms with Crippen molar-refractivity contribution < 1.29 is 0 Å². The Kier molecular flexibility index (Phi) is 9.41. The summed E-state index contributed by atoms with van der Waals surface area (Å²) in [6.07, 6.45) is 10.2. The molecule has 0 saturated heterocycles. The summed E-state index contributed by atoms with van der Waals surface area (Å²) in [7, 11) is -1.12. The summed E-state index contributed by atoms with van der Waals surface area (Å²) < 4.78 is 0. The Bertz CT molecular complexity index is 417. The zero-order valence-corrected chi connectivity index (χ0v) is 16.1. The first kappa shape index (κ1) is 19.2. The SMILES string of the molecule is CCCCC=C(CCCNCCc1ccccc1)[Si](C)(C)C. The molecule has 0 aliphatic heterocycles. The van der Waals surface area contributed by atoms with E-state index < -0.39 is 8.07 Å². The van der Waals surface area contributed by atoms with Gasteiger partial charge in [0.2, 0.25) is 0 Å². The highest BCUT2D eigenvalue weighted by Gasteiger charge is 2.18. The fraction of sp³-hybridized carbons (Fsp3) is 0.600. The van der Waals surface area contributed by atoms with Gasteiger partial charge in [0.25, 0.3) is 0 Å². The van der Waals surface area contributed by atoms with Crippen LogP contribution in [-0.2, 0) is 6.42 Å². The maximum atomic E-state index is 3.60. The Morgan fingerprint density at radius 3 is 2.41 bits per heavy atom. The average molecular weight is 318 g/mol. The molecule has 0 fully saturated rings.